The van der Waals surface area contributed by atoms with Crippen LogP contribution in [0.2, 0.25) is 0 Å². The first-order valence-corrected chi connectivity index (χ1v) is 6.21. The van der Waals surface area contributed by atoms with Gasteiger partial charge >= 0.3 is 0 Å². The lowest BCUT2D eigenvalue weighted by Crippen LogP contribution is -2.44. The van der Waals surface area contributed by atoms with Gasteiger partial charge in [0, 0.05) is 7.05 Å². The predicted molar refractivity (Wildman–Crippen MR) is 54.8 cm³/mol. The van der Waals surface area contributed by atoms with Gasteiger partial charge in [0.15, 0.2) is 0 Å². The molecule has 0 aromatic rings. The van der Waals surface area contributed by atoms with Crippen LogP contribution < -0.4 is 0 Å². The molecule has 2 rings (SSSR count). The van der Waals surface area contributed by atoms with Crippen molar-refractivity contribution in [2.45, 2.75) is 31.2 Å². The third-order valence-corrected chi connectivity index (χ3v) is 5.25. The highest BCUT2D eigenvalue weighted by Crippen LogP contribution is 2.42. The van der Waals surface area contributed by atoms with Gasteiger partial charge in [-0.15, -0.1) is 0 Å². The van der Waals surface area contributed by atoms with Crippen molar-refractivity contribution < 1.29 is 13.6 Å². The molecule has 0 amide bonds. The van der Waals surface area contributed by atoms with Crippen LogP contribution in [-0.4, -0.2) is 41.3 Å². The molecule has 1 saturated carbocycles. The largest absolute Gasteiger partial charge is 0.410 e. The highest BCUT2D eigenvalue weighted by atomic mass is 32.2. The fourth-order valence-electron chi connectivity index (χ4n) is 2.47. The molecule has 1 aliphatic heterocycles. The quantitative estimate of drug-likeness (QED) is 0.466. The number of hydrogen-bond acceptors (Lipinski definition) is 5. The number of oxime groups is 1. The Morgan fingerprint density at radius 3 is 2.40 bits per heavy atom. The van der Waals surface area contributed by atoms with Gasteiger partial charge < -0.3 is 10.6 Å². The maximum atomic E-state index is 11.8. The highest BCUT2D eigenvalue weighted by Gasteiger charge is 2.57. The summed E-state index contributed by atoms with van der Waals surface area (Å²) in [6, 6.07) is 0. The second-order valence-corrected chi connectivity index (χ2v) is 5.88. The Balaban J connectivity index is 2.60. The minimum absolute atomic E-state index is 0.0648. The summed E-state index contributed by atoms with van der Waals surface area (Å²) in [4.78, 5) is 0. The van der Waals surface area contributed by atoms with Gasteiger partial charge in [0.25, 0.3) is 10.0 Å². The number of nitrogens with zero attached hydrogens (tertiary/aromatic N) is 2. The van der Waals surface area contributed by atoms with E-state index in [0.29, 0.717) is 12.8 Å². The van der Waals surface area contributed by atoms with E-state index in [0.717, 1.165) is 12.8 Å². The monoisotopic (exact) mass is 231 g/mol. The zero-order chi connectivity index (χ0) is 11.3. The van der Waals surface area contributed by atoms with Gasteiger partial charge in [0.2, 0.25) is 5.04 Å². The first-order valence-electron chi connectivity index (χ1n) is 4.77. The van der Waals surface area contributed by atoms with Crippen LogP contribution in [0.15, 0.2) is 5.16 Å². The topological polar surface area (TPSA) is 93.8 Å². The van der Waals surface area contributed by atoms with E-state index in [1.165, 1.54) is 11.4 Å². The lowest BCUT2D eigenvalue weighted by atomic mass is 9.92. The minimum Gasteiger partial charge on any atom is -0.410 e. The second kappa shape index (κ2) is 3.02. The molecule has 1 aliphatic carbocycles. The molecular formula is C8H13N3O3S. The van der Waals surface area contributed by atoms with E-state index in [9.17, 15) is 8.42 Å². The van der Waals surface area contributed by atoms with Crippen molar-refractivity contribution in [2.75, 3.05) is 7.05 Å². The van der Waals surface area contributed by atoms with Crippen LogP contribution in [0, 0.1) is 5.41 Å². The van der Waals surface area contributed by atoms with Gasteiger partial charge in [0.1, 0.15) is 0 Å². The van der Waals surface area contributed by atoms with Crippen LogP contribution in [0.4, 0.5) is 0 Å². The zero-order valence-corrected chi connectivity index (χ0v) is 9.21. The Kier molecular flexibility index (Phi) is 2.13. The molecule has 0 radical (unpaired) electrons. The van der Waals surface area contributed by atoms with E-state index in [-0.39, 0.29) is 5.71 Å². The Morgan fingerprint density at radius 1 is 1.47 bits per heavy atom. The Labute approximate surface area is 88.1 Å². The Bertz CT molecular complexity index is 434. The van der Waals surface area contributed by atoms with Crippen molar-refractivity contribution in [1.82, 2.24) is 4.31 Å². The summed E-state index contributed by atoms with van der Waals surface area (Å²) >= 11 is 0. The van der Waals surface area contributed by atoms with Crippen molar-refractivity contribution in [2.24, 2.45) is 5.16 Å². The highest BCUT2D eigenvalue weighted by molar-refractivity contribution is 8.07. The molecule has 0 bridgehead atoms. The minimum atomic E-state index is -3.75. The van der Waals surface area contributed by atoms with E-state index in [2.05, 4.69) is 5.16 Å². The van der Waals surface area contributed by atoms with Gasteiger partial charge in [0.05, 0.1) is 11.3 Å². The van der Waals surface area contributed by atoms with Crippen LogP contribution in [0.5, 0.6) is 0 Å². The van der Waals surface area contributed by atoms with E-state index < -0.39 is 20.6 Å². The van der Waals surface area contributed by atoms with Crippen LogP contribution in [0.1, 0.15) is 25.7 Å². The van der Waals surface area contributed by atoms with Crippen molar-refractivity contribution in [3.05, 3.63) is 0 Å². The number of rotatable bonds is 0. The lowest BCUT2D eigenvalue weighted by Gasteiger charge is -2.28. The molecule has 7 heteroatoms. The Hall–Kier alpha value is -0.950. The maximum Gasteiger partial charge on any atom is 0.266 e. The molecule has 2 fully saturated rings. The molecule has 0 atom stereocenters. The smallest absolute Gasteiger partial charge is 0.266 e. The standard InChI is InChI=1S/C8H13N3O3S/c1-11-8(4-2-3-5-8)6(9)7(10-12)15(11,13)14/h9,12H,2-5H2,1H3/b9-6?,10-7-. The van der Waals surface area contributed by atoms with E-state index in [1.54, 1.807) is 0 Å². The third kappa shape index (κ3) is 1.10. The molecule has 1 heterocycles. The van der Waals surface area contributed by atoms with Gasteiger partial charge in [-0.05, 0) is 12.8 Å². The average Bonchev–Trinajstić information content (AvgIpc) is 2.70. The van der Waals surface area contributed by atoms with Crippen LogP contribution >= 0.6 is 0 Å². The summed E-state index contributed by atoms with van der Waals surface area (Å²) in [7, 11) is -2.30. The maximum absolute atomic E-state index is 11.8. The first kappa shape index (κ1) is 10.6. The molecule has 6 nitrogen and oxygen atoms in total. The number of nitrogens with one attached hydrogen (secondary N) is 1. The molecule has 2 aliphatic rings. The summed E-state index contributed by atoms with van der Waals surface area (Å²) in [5, 5.41) is 18.8. The second-order valence-electron chi connectivity index (χ2n) is 3.99. The molecular weight excluding hydrogens is 218 g/mol. The van der Waals surface area contributed by atoms with Gasteiger partial charge in [-0.1, -0.05) is 18.0 Å². The molecule has 0 aromatic carbocycles. The molecule has 15 heavy (non-hydrogen) atoms. The summed E-state index contributed by atoms with van der Waals surface area (Å²) in [5.41, 5.74) is -0.814. The van der Waals surface area contributed by atoms with Gasteiger partial charge in [-0.2, -0.15) is 4.31 Å². The Morgan fingerprint density at radius 2 is 2.00 bits per heavy atom. The molecule has 84 valence electrons. The molecule has 0 unspecified atom stereocenters. The van der Waals surface area contributed by atoms with E-state index >= 15 is 0 Å². The van der Waals surface area contributed by atoms with E-state index in [4.69, 9.17) is 10.6 Å². The van der Waals surface area contributed by atoms with Crippen LogP contribution in [0.3, 0.4) is 0 Å². The third-order valence-electron chi connectivity index (χ3n) is 3.41. The normalized spacial score (nSPS) is 31.8. The fourth-order valence-corrected chi connectivity index (χ4v) is 4.02. The predicted octanol–water partition coefficient (Wildman–Crippen LogP) is 0.382. The van der Waals surface area contributed by atoms with Gasteiger partial charge in [-0.25, -0.2) is 8.42 Å². The molecule has 0 aromatic heterocycles. The number of sulfonamides is 1. The van der Waals surface area contributed by atoms with Gasteiger partial charge in [-0.3, -0.25) is 0 Å². The van der Waals surface area contributed by atoms with Crippen molar-refractivity contribution in [1.29, 1.82) is 5.41 Å². The summed E-state index contributed by atoms with van der Waals surface area (Å²) in [6.07, 6.45) is 3.09. The molecule has 1 spiro atoms. The SMILES string of the molecule is CN1C2(CCCC2)C(=N)/C(=N/O)S1(=O)=O. The zero-order valence-electron chi connectivity index (χ0n) is 8.39. The van der Waals surface area contributed by atoms with Crippen LogP contribution in [0.25, 0.3) is 0 Å². The fraction of sp³-hybridized carbons (Fsp3) is 0.750. The lowest BCUT2D eigenvalue weighted by molar-refractivity contribution is 0.321. The number of hydrogen-bond donors (Lipinski definition) is 2. The molecule has 1 saturated heterocycles. The van der Waals surface area contributed by atoms with Crippen LogP contribution in [-0.2, 0) is 10.0 Å². The molecule has 2 N–H and O–H groups in total. The summed E-state index contributed by atoms with van der Waals surface area (Å²) in [5.74, 6) is 0. The van der Waals surface area contributed by atoms with Crippen molar-refractivity contribution in [3.8, 4) is 0 Å². The average molecular weight is 231 g/mol. The summed E-state index contributed by atoms with van der Waals surface area (Å²) < 4.78 is 24.8. The van der Waals surface area contributed by atoms with E-state index in [1.807, 2.05) is 0 Å². The van der Waals surface area contributed by atoms with Crippen molar-refractivity contribution in [3.63, 3.8) is 0 Å². The van der Waals surface area contributed by atoms with Crippen molar-refractivity contribution >= 4 is 20.8 Å². The summed E-state index contributed by atoms with van der Waals surface area (Å²) in [6.45, 7) is 0. The first-order chi connectivity index (χ1) is 6.97.